The smallest absolute Gasteiger partial charge is 0.341 e. The highest BCUT2D eigenvalue weighted by Gasteiger charge is 2.17. The second kappa shape index (κ2) is 4.73. The van der Waals surface area contributed by atoms with Crippen LogP contribution in [0.25, 0.3) is 0 Å². The zero-order valence-electron chi connectivity index (χ0n) is 10.0. The Labute approximate surface area is 99.9 Å². The van der Waals surface area contributed by atoms with Crippen molar-refractivity contribution < 1.29 is 9.90 Å². The van der Waals surface area contributed by atoms with Crippen LogP contribution in [0.3, 0.4) is 0 Å². The molecule has 0 unspecified atom stereocenters. The zero-order chi connectivity index (χ0) is 12.4. The van der Waals surface area contributed by atoms with Gasteiger partial charge < -0.3 is 9.67 Å². The van der Waals surface area contributed by atoms with E-state index in [4.69, 9.17) is 5.11 Å². The minimum absolute atomic E-state index is 0.105. The first-order chi connectivity index (χ1) is 8.11. The van der Waals surface area contributed by atoms with Crippen LogP contribution < -0.4 is 5.56 Å². The first kappa shape index (κ1) is 11.9. The van der Waals surface area contributed by atoms with E-state index in [2.05, 4.69) is 0 Å². The van der Waals surface area contributed by atoms with Gasteiger partial charge in [0.05, 0.1) is 0 Å². The molecule has 0 bridgehead atoms. The maximum absolute atomic E-state index is 11.9. The molecule has 0 radical (unpaired) electrons. The maximum atomic E-state index is 11.9. The summed E-state index contributed by atoms with van der Waals surface area (Å²) in [5.74, 6) is -1.13. The molecule has 0 spiro atoms. The first-order valence-corrected chi connectivity index (χ1v) is 6.06. The van der Waals surface area contributed by atoms with Crippen LogP contribution in [0, 0.1) is 0 Å². The third-order valence-corrected chi connectivity index (χ3v) is 3.47. The van der Waals surface area contributed by atoms with Crippen LogP contribution in [-0.4, -0.2) is 15.6 Å². The van der Waals surface area contributed by atoms with E-state index in [9.17, 15) is 9.59 Å². The van der Waals surface area contributed by atoms with Crippen LogP contribution >= 0.6 is 0 Å². The van der Waals surface area contributed by atoms with E-state index in [1.165, 1.54) is 17.4 Å². The fraction of sp³-hybridized carbons (Fsp3) is 0.538. The van der Waals surface area contributed by atoms with Gasteiger partial charge in [-0.3, -0.25) is 4.79 Å². The van der Waals surface area contributed by atoms with Gasteiger partial charge in [0.1, 0.15) is 5.56 Å². The second-order valence-electron chi connectivity index (χ2n) is 4.61. The predicted molar refractivity (Wildman–Crippen MR) is 64.5 cm³/mol. The predicted octanol–water partition coefficient (Wildman–Crippen LogP) is 1.74. The fourth-order valence-corrected chi connectivity index (χ4v) is 2.50. The minimum atomic E-state index is -1.13. The summed E-state index contributed by atoms with van der Waals surface area (Å²) in [6.45, 7) is 0. The van der Waals surface area contributed by atoms with Crippen LogP contribution in [0.15, 0.2) is 10.9 Å². The number of hydrogen-bond donors (Lipinski definition) is 1. The van der Waals surface area contributed by atoms with Crippen molar-refractivity contribution in [3.63, 3.8) is 0 Å². The van der Waals surface area contributed by atoms with Crippen LogP contribution in [0.1, 0.15) is 47.3 Å². The third-order valence-electron chi connectivity index (χ3n) is 3.47. The average molecular weight is 235 g/mol. The van der Waals surface area contributed by atoms with E-state index in [1.807, 2.05) is 0 Å². The van der Waals surface area contributed by atoms with Gasteiger partial charge in [-0.1, -0.05) is 12.8 Å². The minimum Gasteiger partial charge on any atom is -0.477 e. The van der Waals surface area contributed by atoms with Gasteiger partial charge in [-0.05, 0) is 37.3 Å². The van der Waals surface area contributed by atoms with Crippen molar-refractivity contribution in [3.8, 4) is 0 Å². The van der Waals surface area contributed by atoms with E-state index in [0.29, 0.717) is 0 Å². The van der Waals surface area contributed by atoms with Gasteiger partial charge >= 0.3 is 5.97 Å². The molecule has 0 aromatic carbocycles. The summed E-state index contributed by atoms with van der Waals surface area (Å²) in [6.07, 6.45) is 6.28. The Hall–Kier alpha value is -1.58. The largest absolute Gasteiger partial charge is 0.477 e. The lowest BCUT2D eigenvalue weighted by molar-refractivity contribution is 0.0694. The summed E-state index contributed by atoms with van der Waals surface area (Å²) < 4.78 is 1.52. The molecule has 0 amide bonds. The molecular formula is C13H17NO3. The van der Waals surface area contributed by atoms with Crippen molar-refractivity contribution in [3.05, 3.63) is 33.2 Å². The molecule has 0 fully saturated rings. The second-order valence-corrected chi connectivity index (χ2v) is 4.61. The summed E-state index contributed by atoms with van der Waals surface area (Å²) in [5, 5.41) is 9.00. The lowest BCUT2D eigenvalue weighted by atomic mass is 9.96. The molecule has 1 heterocycles. The van der Waals surface area contributed by atoms with Crippen LogP contribution in [0.4, 0.5) is 0 Å². The molecule has 92 valence electrons. The number of aromatic carboxylic acids is 1. The van der Waals surface area contributed by atoms with Crippen molar-refractivity contribution in [1.29, 1.82) is 0 Å². The molecule has 0 aliphatic heterocycles. The molecule has 4 nitrogen and oxygen atoms in total. The Kier molecular flexibility index (Phi) is 3.31. The summed E-state index contributed by atoms with van der Waals surface area (Å²) in [7, 11) is 1.68. The molecule has 1 N–H and O–H groups in total. The quantitative estimate of drug-likeness (QED) is 0.806. The van der Waals surface area contributed by atoms with E-state index in [0.717, 1.165) is 36.9 Å². The van der Waals surface area contributed by atoms with Gasteiger partial charge in [-0.2, -0.15) is 0 Å². The van der Waals surface area contributed by atoms with Crippen LogP contribution in [0.5, 0.6) is 0 Å². The molecule has 4 heteroatoms. The summed E-state index contributed by atoms with van der Waals surface area (Å²) in [5.41, 5.74) is 1.55. The fourth-order valence-electron chi connectivity index (χ4n) is 2.50. The lowest BCUT2D eigenvalue weighted by Gasteiger charge is -2.17. The molecule has 1 aromatic heterocycles. The molecule has 1 aliphatic rings. The number of carbonyl (C=O) groups is 1. The Bertz CT molecular complexity index is 502. The van der Waals surface area contributed by atoms with Crippen molar-refractivity contribution in [2.75, 3.05) is 0 Å². The highest BCUT2D eigenvalue weighted by Crippen LogP contribution is 2.19. The van der Waals surface area contributed by atoms with E-state index in [1.54, 1.807) is 13.1 Å². The SMILES string of the molecule is Cn1c2c(cc(C(=O)O)c1=O)CCCCCC2. The zero-order valence-corrected chi connectivity index (χ0v) is 10.0. The monoisotopic (exact) mass is 235 g/mol. The van der Waals surface area contributed by atoms with Crippen molar-refractivity contribution in [2.45, 2.75) is 38.5 Å². The van der Waals surface area contributed by atoms with Gasteiger partial charge in [0.15, 0.2) is 0 Å². The summed E-state index contributed by atoms with van der Waals surface area (Å²) in [6, 6.07) is 1.57. The lowest BCUT2D eigenvalue weighted by Crippen LogP contribution is -2.28. The number of nitrogens with zero attached hydrogens (tertiary/aromatic N) is 1. The Balaban J connectivity index is 2.58. The topological polar surface area (TPSA) is 59.3 Å². The van der Waals surface area contributed by atoms with Crippen molar-refractivity contribution in [1.82, 2.24) is 4.57 Å². The molecule has 1 aliphatic carbocycles. The van der Waals surface area contributed by atoms with Crippen LogP contribution in [0.2, 0.25) is 0 Å². The molecular weight excluding hydrogens is 218 g/mol. The Morgan fingerprint density at radius 1 is 1.24 bits per heavy atom. The van der Waals surface area contributed by atoms with Crippen molar-refractivity contribution in [2.24, 2.45) is 7.05 Å². The standard InChI is InChI=1S/C13H17NO3/c1-14-11-7-5-3-2-4-6-9(11)8-10(12(14)15)13(16)17/h8H,2-7H2,1H3,(H,16,17). The molecule has 1 aromatic rings. The van der Waals surface area contributed by atoms with Gasteiger partial charge in [0.2, 0.25) is 0 Å². The van der Waals surface area contributed by atoms with E-state index < -0.39 is 11.5 Å². The molecule has 0 saturated heterocycles. The Morgan fingerprint density at radius 2 is 1.88 bits per heavy atom. The maximum Gasteiger partial charge on any atom is 0.341 e. The number of hydrogen-bond acceptors (Lipinski definition) is 2. The van der Waals surface area contributed by atoms with Crippen LogP contribution in [-0.2, 0) is 19.9 Å². The average Bonchev–Trinajstić information content (AvgIpc) is 2.24. The van der Waals surface area contributed by atoms with E-state index >= 15 is 0 Å². The normalized spacial score (nSPS) is 15.8. The number of carboxylic acid groups (broad SMARTS) is 1. The summed E-state index contributed by atoms with van der Waals surface area (Å²) >= 11 is 0. The highest BCUT2D eigenvalue weighted by molar-refractivity contribution is 5.87. The van der Waals surface area contributed by atoms with Crippen molar-refractivity contribution >= 4 is 5.97 Å². The van der Waals surface area contributed by atoms with Gasteiger partial charge in [-0.25, -0.2) is 4.79 Å². The number of rotatable bonds is 1. The first-order valence-electron chi connectivity index (χ1n) is 6.06. The van der Waals surface area contributed by atoms with Gasteiger partial charge in [-0.15, -0.1) is 0 Å². The van der Waals surface area contributed by atoms with Gasteiger partial charge in [0, 0.05) is 12.7 Å². The third kappa shape index (κ3) is 2.25. The van der Waals surface area contributed by atoms with E-state index in [-0.39, 0.29) is 5.56 Å². The molecule has 2 rings (SSSR count). The number of aryl methyl sites for hydroxylation is 1. The van der Waals surface area contributed by atoms with Gasteiger partial charge in [0.25, 0.3) is 5.56 Å². The highest BCUT2D eigenvalue weighted by atomic mass is 16.4. The molecule has 0 atom stereocenters. The molecule has 0 saturated carbocycles. The summed E-state index contributed by atoms with van der Waals surface area (Å²) in [4.78, 5) is 22.9. The number of aromatic nitrogens is 1. The Morgan fingerprint density at radius 3 is 2.53 bits per heavy atom. The number of fused-ring (bicyclic) bond motifs is 1. The number of carboxylic acids is 1. The molecule has 17 heavy (non-hydrogen) atoms. The number of pyridine rings is 1.